The highest BCUT2D eigenvalue weighted by atomic mass is 16.5. The summed E-state index contributed by atoms with van der Waals surface area (Å²) in [7, 11) is 0. The summed E-state index contributed by atoms with van der Waals surface area (Å²) in [5.41, 5.74) is 1.88. The van der Waals surface area contributed by atoms with E-state index < -0.39 is 12.1 Å². The lowest BCUT2D eigenvalue weighted by atomic mass is 10.1. The number of benzene rings is 2. The number of nitrogens with one attached hydrogen (secondary N) is 1. The van der Waals surface area contributed by atoms with Gasteiger partial charge in [0.25, 0.3) is 5.91 Å². The fourth-order valence-corrected chi connectivity index (χ4v) is 3.68. The Hall–Kier alpha value is -3.19. The lowest BCUT2D eigenvalue weighted by molar-refractivity contribution is -0.141. The molecule has 2 heterocycles. The van der Waals surface area contributed by atoms with Crippen LogP contribution in [0.15, 0.2) is 60.7 Å². The smallest absolute Gasteiger partial charge is 0.325 e. The molecule has 2 aromatic carbocycles. The lowest BCUT2D eigenvalue weighted by Crippen LogP contribution is -2.45. The molecule has 0 saturated carbocycles. The summed E-state index contributed by atoms with van der Waals surface area (Å²) in [6, 6.07) is 17.8. The van der Waals surface area contributed by atoms with Gasteiger partial charge in [0, 0.05) is 6.54 Å². The maximum Gasteiger partial charge on any atom is 0.325 e. The van der Waals surface area contributed by atoms with Crippen LogP contribution in [0.2, 0.25) is 0 Å². The fraction of sp³-hybridized carbons (Fsp3) is 0.318. The zero-order valence-electron chi connectivity index (χ0n) is 16.0. The Morgan fingerprint density at radius 1 is 1.03 bits per heavy atom. The summed E-state index contributed by atoms with van der Waals surface area (Å²) in [4.78, 5) is 40.6. The fourth-order valence-electron chi connectivity index (χ4n) is 3.68. The van der Waals surface area contributed by atoms with E-state index in [2.05, 4.69) is 5.32 Å². The van der Waals surface area contributed by atoms with Crippen LogP contribution < -0.4 is 5.32 Å². The summed E-state index contributed by atoms with van der Waals surface area (Å²) in [6.07, 6.45) is -0.227. The molecule has 1 unspecified atom stereocenters. The Morgan fingerprint density at radius 3 is 2.45 bits per heavy atom. The number of amides is 4. The van der Waals surface area contributed by atoms with Crippen LogP contribution in [0.25, 0.3) is 0 Å². The van der Waals surface area contributed by atoms with E-state index in [9.17, 15) is 14.4 Å². The zero-order valence-corrected chi connectivity index (χ0v) is 16.0. The molecule has 0 spiro atoms. The summed E-state index contributed by atoms with van der Waals surface area (Å²) >= 11 is 0. The van der Waals surface area contributed by atoms with Gasteiger partial charge in [-0.1, -0.05) is 60.7 Å². The first-order chi connectivity index (χ1) is 14.1. The first-order valence-corrected chi connectivity index (χ1v) is 9.72. The second-order valence-electron chi connectivity index (χ2n) is 7.23. The van der Waals surface area contributed by atoms with Crippen molar-refractivity contribution < 1.29 is 19.1 Å². The van der Waals surface area contributed by atoms with Gasteiger partial charge in [0.05, 0.1) is 26.1 Å². The van der Waals surface area contributed by atoms with E-state index in [4.69, 9.17) is 4.74 Å². The van der Waals surface area contributed by atoms with E-state index in [1.54, 1.807) is 4.90 Å². The van der Waals surface area contributed by atoms with Gasteiger partial charge in [0.1, 0.15) is 12.1 Å². The Balaban J connectivity index is 1.37. The van der Waals surface area contributed by atoms with Gasteiger partial charge in [-0.15, -0.1) is 0 Å². The molecule has 150 valence electrons. The minimum atomic E-state index is -0.822. The first-order valence-electron chi connectivity index (χ1n) is 9.72. The first kappa shape index (κ1) is 19.1. The molecule has 1 N–H and O–H groups in total. The van der Waals surface area contributed by atoms with Gasteiger partial charge < -0.3 is 15.0 Å². The Morgan fingerprint density at radius 2 is 1.72 bits per heavy atom. The minimum Gasteiger partial charge on any atom is -0.370 e. The number of rotatable bonds is 5. The van der Waals surface area contributed by atoms with Gasteiger partial charge in [-0.2, -0.15) is 0 Å². The highest BCUT2D eigenvalue weighted by molar-refractivity contribution is 6.05. The van der Waals surface area contributed by atoms with Crippen LogP contribution >= 0.6 is 0 Å². The number of carbonyl (C=O) groups excluding carboxylic acids is 3. The molecule has 2 saturated heterocycles. The van der Waals surface area contributed by atoms with Gasteiger partial charge >= 0.3 is 6.03 Å². The van der Waals surface area contributed by atoms with Crippen LogP contribution in [-0.2, 0) is 20.9 Å². The van der Waals surface area contributed by atoms with E-state index in [1.807, 2.05) is 60.7 Å². The largest absolute Gasteiger partial charge is 0.370 e. The highest BCUT2D eigenvalue weighted by Crippen LogP contribution is 2.23. The van der Waals surface area contributed by atoms with E-state index in [0.717, 1.165) is 11.1 Å². The van der Waals surface area contributed by atoms with Gasteiger partial charge in [0.2, 0.25) is 5.91 Å². The lowest BCUT2D eigenvalue weighted by Gasteiger charge is -2.33. The summed E-state index contributed by atoms with van der Waals surface area (Å²) < 4.78 is 5.80. The number of carbonyl (C=O) groups is 3. The summed E-state index contributed by atoms with van der Waals surface area (Å²) in [6.45, 7) is 1.55. The molecule has 2 fully saturated rings. The number of imide groups is 1. The maximum atomic E-state index is 12.8. The standard InChI is InChI=1S/C22H23N3O4/c26-20(24-11-12-29-19(15-24)17-9-5-2-6-10-17)13-18-21(27)25(22(28)23-18)14-16-7-3-1-4-8-16/h1-10,18-19H,11-15H2,(H,23,28)/t18-,19?/m0/s1. The van der Waals surface area contributed by atoms with Crippen LogP contribution in [0.5, 0.6) is 0 Å². The molecule has 0 bridgehead atoms. The predicted octanol–water partition coefficient (Wildman–Crippen LogP) is 2.10. The van der Waals surface area contributed by atoms with Crippen molar-refractivity contribution in [2.75, 3.05) is 19.7 Å². The number of ether oxygens (including phenoxy) is 1. The third kappa shape index (κ3) is 4.30. The number of hydrogen-bond acceptors (Lipinski definition) is 4. The zero-order chi connectivity index (χ0) is 20.2. The summed E-state index contributed by atoms with van der Waals surface area (Å²) in [5, 5.41) is 2.65. The quantitative estimate of drug-likeness (QED) is 0.789. The Bertz CT molecular complexity index is 887. The van der Waals surface area contributed by atoms with Gasteiger partial charge in [0.15, 0.2) is 0 Å². The molecule has 2 aliphatic rings. The second kappa shape index (κ2) is 8.45. The van der Waals surface area contributed by atoms with Crippen molar-refractivity contribution in [2.24, 2.45) is 0 Å². The van der Waals surface area contributed by atoms with Crippen LogP contribution in [0.3, 0.4) is 0 Å². The number of morpholine rings is 1. The topological polar surface area (TPSA) is 79.0 Å². The molecule has 2 aromatic rings. The number of nitrogens with zero attached hydrogens (tertiary/aromatic N) is 2. The van der Waals surface area contributed by atoms with Crippen molar-refractivity contribution in [1.29, 1.82) is 0 Å². The molecular weight excluding hydrogens is 370 g/mol. The van der Waals surface area contributed by atoms with E-state index >= 15 is 0 Å². The van der Waals surface area contributed by atoms with Crippen LogP contribution in [0.1, 0.15) is 23.7 Å². The Labute approximate surface area is 169 Å². The van der Waals surface area contributed by atoms with E-state index in [1.165, 1.54) is 4.90 Å². The van der Waals surface area contributed by atoms with Crippen molar-refractivity contribution in [1.82, 2.24) is 15.1 Å². The Kier molecular flexibility index (Phi) is 5.57. The third-order valence-electron chi connectivity index (χ3n) is 5.26. The molecule has 0 radical (unpaired) electrons. The van der Waals surface area contributed by atoms with Gasteiger partial charge in [-0.05, 0) is 11.1 Å². The van der Waals surface area contributed by atoms with Crippen molar-refractivity contribution in [3.63, 3.8) is 0 Å². The monoisotopic (exact) mass is 393 g/mol. The average molecular weight is 393 g/mol. The molecule has 2 aliphatic heterocycles. The predicted molar refractivity (Wildman–Crippen MR) is 106 cm³/mol. The second-order valence-corrected chi connectivity index (χ2v) is 7.23. The van der Waals surface area contributed by atoms with Crippen LogP contribution in [0.4, 0.5) is 4.79 Å². The summed E-state index contributed by atoms with van der Waals surface area (Å²) in [5.74, 6) is -0.519. The number of urea groups is 1. The van der Waals surface area contributed by atoms with Crippen molar-refractivity contribution >= 4 is 17.8 Å². The van der Waals surface area contributed by atoms with Crippen molar-refractivity contribution in [3.05, 3.63) is 71.8 Å². The van der Waals surface area contributed by atoms with Crippen molar-refractivity contribution in [3.8, 4) is 0 Å². The third-order valence-corrected chi connectivity index (χ3v) is 5.26. The molecule has 29 heavy (non-hydrogen) atoms. The van der Waals surface area contributed by atoms with Crippen LogP contribution in [-0.4, -0.2) is 53.4 Å². The van der Waals surface area contributed by atoms with E-state index in [0.29, 0.717) is 19.7 Å². The molecule has 2 atom stereocenters. The molecule has 0 aliphatic carbocycles. The van der Waals surface area contributed by atoms with Crippen molar-refractivity contribution in [2.45, 2.75) is 25.1 Å². The highest BCUT2D eigenvalue weighted by Gasteiger charge is 2.40. The van der Waals surface area contributed by atoms with Gasteiger partial charge in [-0.3, -0.25) is 14.5 Å². The molecular formula is C22H23N3O4. The van der Waals surface area contributed by atoms with Crippen LogP contribution in [0, 0.1) is 0 Å². The molecule has 0 aromatic heterocycles. The molecule has 7 heteroatoms. The van der Waals surface area contributed by atoms with E-state index in [-0.39, 0.29) is 30.9 Å². The maximum absolute atomic E-state index is 12.8. The minimum absolute atomic E-state index is 0.0443. The molecule has 4 amide bonds. The molecule has 4 rings (SSSR count). The normalized spacial score (nSPS) is 21.9. The average Bonchev–Trinajstić information content (AvgIpc) is 3.02. The number of hydrogen-bond donors (Lipinski definition) is 1. The SMILES string of the molecule is O=C(C[C@@H]1NC(=O)N(Cc2ccccc2)C1=O)N1CCOC(c2ccccc2)C1. The van der Waals surface area contributed by atoms with Gasteiger partial charge in [-0.25, -0.2) is 4.79 Å². The molecule has 7 nitrogen and oxygen atoms in total.